The zero-order valence-electron chi connectivity index (χ0n) is 7.95. The molecule has 0 saturated carbocycles. The molecule has 14 heavy (non-hydrogen) atoms. The van der Waals surface area contributed by atoms with Crippen molar-refractivity contribution in [1.82, 2.24) is 3.97 Å². The summed E-state index contributed by atoms with van der Waals surface area (Å²) in [6.45, 7) is 2.10. The zero-order valence-corrected chi connectivity index (χ0v) is 10.4. The van der Waals surface area contributed by atoms with Gasteiger partial charge in [0, 0.05) is 16.1 Å². The van der Waals surface area contributed by atoms with Crippen LogP contribution in [0.25, 0.3) is 10.9 Å². The molecule has 0 radical (unpaired) electrons. The molecule has 2 aromatic rings. The highest BCUT2D eigenvalue weighted by molar-refractivity contribution is 9.10. The summed E-state index contributed by atoms with van der Waals surface area (Å²) < 4.78 is 8.18. The van der Waals surface area contributed by atoms with E-state index >= 15 is 0 Å². The summed E-state index contributed by atoms with van der Waals surface area (Å²) in [6, 6.07) is 6.24. The van der Waals surface area contributed by atoms with E-state index in [1.54, 1.807) is 7.11 Å². The molecule has 4 heteroatoms. The molecule has 2 rings (SSSR count). The van der Waals surface area contributed by atoms with Crippen LogP contribution >= 0.6 is 28.2 Å². The molecule has 0 aliphatic rings. The van der Waals surface area contributed by atoms with Crippen molar-refractivity contribution in [3.63, 3.8) is 0 Å². The zero-order chi connectivity index (χ0) is 10.1. The highest BCUT2D eigenvalue weighted by atomic mass is 79.9. The minimum Gasteiger partial charge on any atom is -0.300 e. The third-order valence-electron chi connectivity index (χ3n) is 2.09. The molecule has 0 unspecified atom stereocenters. The molecule has 0 amide bonds. The van der Waals surface area contributed by atoms with Crippen LogP contribution in [0.15, 0.2) is 28.9 Å². The first-order valence-electron chi connectivity index (χ1n) is 4.20. The Kier molecular flexibility index (Phi) is 2.85. The Morgan fingerprint density at radius 2 is 2.21 bits per heavy atom. The number of hydrogen-bond acceptors (Lipinski definition) is 2. The maximum Gasteiger partial charge on any atom is 0.118 e. The lowest BCUT2D eigenvalue weighted by Crippen LogP contribution is -1.83. The second-order valence-electron chi connectivity index (χ2n) is 3.04. The average molecular weight is 272 g/mol. The van der Waals surface area contributed by atoms with E-state index in [4.69, 9.17) is 4.18 Å². The lowest BCUT2D eigenvalue weighted by atomic mass is 10.2. The lowest BCUT2D eigenvalue weighted by molar-refractivity contribution is 0.486. The van der Waals surface area contributed by atoms with Crippen LogP contribution in [0.2, 0.25) is 0 Å². The van der Waals surface area contributed by atoms with Gasteiger partial charge >= 0.3 is 0 Å². The van der Waals surface area contributed by atoms with Crippen molar-refractivity contribution in [2.45, 2.75) is 6.92 Å². The molecular formula is C10H10BrNOS. The Labute approximate surface area is 95.7 Å². The Morgan fingerprint density at radius 3 is 2.93 bits per heavy atom. The predicted octanol–water partition coefficient (Wildman–Crippen LogP) is 3.77. The fourth-order valence-electron chi connectivity index (χ4n) is 1.47. The quantitative estimate of drug-likeness (QED) is 0.772. The monoisotopic (exact) mass is 271 g/mol. The summed E-state index contributed by atoms with van der Waals surface area (Å²) in [7, 11) is 1.67. The number of rotatable bonds is 2. The Bertz CT molecular complexity index is 466. The Hall–Kier alpha value is -0.450. The summed E-state index contributed by atoms with van der Waals surface area (Å²) in [5, 5.41) is 1.25. The van der Waals surface area contributed by atoms with Gasteiger partial charge in [-0.3, -0.25) is 8.16 Å². The average Bonchev–Trinajstić information content (AvgIpc) is 2.44. The van der Waals surface area contributed by atoms with Crippen molar-refractivity contribution < 1.29 is 4.18 Å². The van der Waals surface area contributed by atoms with Gasteiger partial charge in [0.25, 0.3) is 0 Å². The summed E-state index contributed by atoms with van der Waals surface area (Å²) in [4.78, 5) is 0. The number of fused-ring (bicyclic) bond motifs is 1. The van der Waals surface area contributed by atoms with Crippen LogP contribution in [0.1, 0.15) is 5.56 Å². The fourth-order valence-corrected chi connectivity index (χ4v) is 2.44. The van der Waals surface area contributed by atoms with Gasteiger partial charge in [-0.15, -0.1) is 0 Å². The maximum absolute atomic E-state index is 5.05. The van der Waals surface area contributed by atoms with Crippen LogP contribution in [0, 0.1) is 6.92 Å². The van der Waals surface area contributed by atoms with E-state index in [1.165, 1.54) is 28.7 Å². The normalized spacial score (nSPS) is 11.1. The third-order valence-corrected chi connectivity index (χ3v) is 3.19. The lowest BCUT2D eigenvalue weighted by Gasteiger charge is -2.00. The van der Waals surface area contributed by atoms with Gasteiger partial charge in [0.15, 0.2) is 0 Å². The van der Waals surface area contributed by atoms with Crippen molar-refractivity contribution in [2.75, 3.05) is 7.11 Å². The SMILES string of the molecule is COSn1cc(C)c2cc(Br)ccc21. The van der Waals surface area contributed by atoms with Gasteiger partial charge in [0.1, 0.15) is 12.2 Å². The number of benzene rings is 1. The van der Waals surface area contributed by atoms with Gasteiger partial charge in [-0.05, 0) is 30.7 Å². The topological polar surface area (TPSA) is 14.2 Å². The minimum atomic E-state index is 1.10. The molecule has 2 nitrogen and oxygen atoms in total. The van der Waals surface area contributed by atoms with Crippen LogP contribution in [0.3, 0.4) is 0 Å². The molecule has 0 fully saturated rings. The van der Waals surface area contributed by atoms with E-state index in [1.807, 2.05) is 10.0 Å². The van der Waals surface area contributed by atoms with Crippen molar-refractivity contribution in [2.24, 2.45) is 0 Å². The fraction of sp³-hybridized carbons (Fsp3) is 0.200. The van der Waals surface area contributed by atoms with E-state index in [9.17, 15) is 0 Å². The molecule has 1 heterocycles. The molecule has 0 saturated heterocycles. The number of hydrogen-bond donors (Lipinski definition) is 0. The standard InChI is InChI=1S/C10H10BrNOS/c1-7-6-12(14-13-2)10-4-3-8(11)5-9(7)10/h3-6H,1-2H3. The number of aromatic nitrogens is 1. The van der Waals surface area contributed by atoms with Crippen LogP contribution in [0.4, 0.5) is 0 Å². The first-order valence-corrected chi connectivity index (χ1v) is 5.70. The van der Waals surface area contributed by atoms with Gasteiger partial charge in [0.2, 0.25) is 0 Å². The molecule has 74 valence electrons. The van der Waals surface area contributed by atoms with Crippen LogP contribution < -0.4 is 0 Å². The molecular weight excluding hydrogens is 262 g/mol. The van der Waals surface area contributed by atoms with E-state index < -0.39 is 0 Å². The minimum absolute atomic E-state index is 1.10. The molecule has 0 atom stereocenters. The van der Waals surface area contributed by atoms with Gasteiger partial charge in [-0.25, -0.2) is 0 Å². The molecule has 0 aliphatic heterocycles. The Morgan fingerprint density at radius 1 is 1.43 bits per heavy atom. The van der Waals surface area contributed by atoms with Crippen molar-refractivity contribution >= 4 is 39.1 Å². The number of aryl methyl sites for hydroxylation is 1. The summed E-state index contributed by atoms with van der Waals surface area (Å²) in [6.07, 6.45) is 2.07. The number of nitrogens with zero attached hydrogens (tertiary/aromatic N) is 1. The smallest absolute Gasteiger partial charge is 0.118 e. The van der Waals surface area contributed by atoms with Crippen LogP contribution in [-0.4, -0.2) is 11.1 Å². The summed E-state index contributed by atoms with van der Waals surface area (Å²) in [5.41, 5.74) is 2.43. The van der Waals surface area contributed by atoms with Gasteiger partial charge in [-0.2, -0.15) is 0 Å². The maximum atomic E-state index is 5.05. The Balaban J connectivity index is 2.65. The first kappa shape index (κ1) is 10.1. The van der Waals surface area contributed by atoms with E-state index in [0.29, 0.717) is 0 Å². The predicted molar refractivity (Wildman–Crippen MR) is 64.4 cm³/mol. The second kappa shape index (κ2) is 3.96. The molecule has 1 aromatic heterocycles. The number of halogens is 1. The highest BCUT2D eigenvalue weighted by Gasteiger charge is 2.05. The van der Waals surface area contributed by atoms with Crippen molar-refractivity contribution in [3.8, 4) is 0 Å². The van der Waals surface area contributed by atoms with Gasteiger partial charge < -0.3 is 0 Å². The van der Waals surface area contributed by atoms with E-state index in [2.05, 4.69) is 41.2 Å². The molecule has 0 aliphatic carbocycles. The molecule has 0 bridgehead atoms. The van der Waals surface area contributed by atoms with Crippen LogP contribution in [0.5, 0.6) is 0 Å². The van der Waals surface area contributed by atoms with E-state index in [-0.39, 0.29) is 0 Å². The van der Waals surface area contributed by atoms with Crippen molar-refractivity contribution in [3.05, 3.63) is 34.4 Å². The van der Waals surface area contributed by atoms with Gasteiger partial charge in [0.05, 0.1) is 12.6 Å². The second-order valence-corrected chi connectivity index (χ2v) is 4.83. The van der Waals surface area contributed by atoms with E-state index in [0.717, 1.165) is 4.47 Å². The third kappa shape index (κ3) is 1.69. The largest absolute Gasteiger partial charge is 0.300 e. The van der Waals surface area contributed by atoms with Crippen molar-refractivity contribution in [1.29, 1.82) is 0 Å². The first-order chi connectivity index (χ1) is 6.72. The molecule has 1 aromatic carbocycles. The van der Waals surface area contributed by atoms with Crippen LogP contribution in [-0.2, 0) is 4.18 Å². The molecule has 0 spiro atoms. The summed E-state index contributed by atoms with van der Waals surface area (Å²) >= 11 is 4.80. The highest BCUT2D eigenvalue weighted by Crippen LogP contribution is 2.27. The van der Waals surface area contributed by atoms with Gasteiger partial charge in [-0.1, -0.05) is 15.9 Å². The summed E-state index contributed by atoms with van der Waals surface area (Å²) in [5.74, 6) is 0. The molecule has 0 N–H and O–H groups in total.